The third kappa shape index (κ3) is 3.25. The van der Waals surface area contributed by atoms with Crippen LogP contribution in [0.3, 0.4) is 0 Å². The van der Waals surface area contributed by atoms with Crippen LogP contribution in [0.25, 0.3) is 0 Å². The van der Waals surface area contributed by atoms with Gasteiger partial charge in [-0.15, -0.1) is 0 Å². The van der Waals surface area contributed by atoms with Crippen molar-refractivity contribution in [2.75, 3.05) is 11.9 Å². The van der Waals surface area contributed by atoms with Gasteiger partial charge in [0.05, 0.1) is 12.4 Å². The van der Waals surface area contributed by atoms with Gasteiger partial charge in [0.1, 0.15) is 17.7 Å². The molecule has 1 heterocycles. The van der Waals surface area contributed by atoms with Crippen LogP contribution in [0.5, 0.6) is 0 Å². The standard InChI is InChI=1S/C13H11FN4/c14-11-3-1-2-10(6-11)4-5-16-13-9-17-12(7-15)8-18-13/h1-3,6,8-9H,4-5H2,(H,16,18). The molecule has 4 nitrogen and oxygen atoms in total. The molecule has 0 radical (unpaired) electrons. The van der Waals surface area contributed by atoms with Crippen molar-refractivity contribution in [3.05, 3.63) is 53.7 Å². The van der Waals surface area contributed by atoms with Crippen molar-refractivity contribution in [1.82, 2.24) is 9.97 Å². The number of nitrogens with zero attached hydrogens (tertiary/aromatic N) is 3. The van der Waals surface area contributed by atoms with E-state index < -0.39 is 0 Å². The van der Waals surface area contributed by atoms with Crippen LogP contribution in [0.2, 0.25) is 0 Å². The van der Waals surface area contributed by atoms with Gasteiger partial charge in [0.2, 0.25) is 0 Å². The lowest BCUT2D eigenvalue weighted by atomic mass is 10.1. The van der Waals surface area contributed by atoms with Crippen LogP contribution in [0.1, 0.15) is 11.3 Å². The molecule has 1 aromatic heterocycles. The molecule has 90 valence electrons. The van der Waals surface area contributed by atoms with Gasteiger partial charge in [-0.05, 0) is 24.1 Å². The van der Waals surface area contributed by atoms with Crippen molar-refractivity contribution >= 4 is 5.82 Å². The van der Waals surface area contributed by atoms with Gasteiger partial charge in [-0.25, -0.2) is 14.4 Å². The molecule has 18 heavy (non-hydrogen) atoms. The molecule has 0 saturated carbocycles. The second-order valence-electron chi connectivity index (χ2n) is 3.71. The summed E-state index contributed by atoms with van der Waals surface area (Å²) in [4.78, 5) is 7.92. The maximum Gasteiger partial charge on any atom is 0.158 e. The van der Waals surface area contributed by atoms with Gasteiger partial charge in [0.25, 0.3) is 0 Å². The zero-order valence-corrected chi connectivity index (χ0v) is 9.60. The van der Waals surface area contributed by atoms with E-state index >= 15 is 0 Å². The Morgan fingerprint density at radius 2 is 2.17 bits per heavy atom. The molecule has 2 rings (SSSR count). The number of nitrogens with one attached hydrogen (secondary N) is 1. The predicted octanol–water partition coefficient (Wildman–Crippen LogP) is 2.14. The average molecular weight is 242 g/mol. The topological polar surface area (TPSA) is 61.6 Å². The highest BCUT2D eigenvalue weighted by molar-refractivity contribution is 5.33. The molecular weight excluding hydrogens is 231 g/mol. The lowest BCUT2D eigenvalue weighted by Gasteiger charge is -2.05. The molecule has 0 amide bonds. The van der Waals surface area contributed by atoms with E-state index in [4.69, 9.17) is 5.26 Å². The molecular formula is C13H11FN4. The van der Waals surface area contributed by atoms with Crippen LogP contribution in [0.4, 0.5) is 10.2 Å². The van der Waals surface area contributed by atoms with Gasteiger partial charge < -0.3 is 5.32 Å². The zero-order valence-electron chi connectivity index (χ0n) is 9.60. The first-order chi connectivity index (χ1) is 8.78. The molecule has 0 aliphatic rings. The fourth-order valence-corrected chi connectivity index (χ4v) is 1.50. The number of benzene rings is 1. The van der Waals surface area contributed by atoms with Gasteiger partial charge in [-0.3, -0.25) is 0 Å². The van der Waals surface area contributed by atoms with E-state index in [0.29, 0.717) is 18.8 Å². The SMILES string of the molecule is N#Cc1cnc(NCCc2cccc(F)c2)cn1. The molecule has 0 spiro atoms. The quantitative estimate of drug-likeness (QED) is 0.892. The molecule has 0 unspecified atom stereocenters. The van der Waals surface area contributed by atoms with Crippen LogP contribution in [-0.2, 0) is 6.42 Å². The molecule has 5 heteroatoms. The molecule has 0 atom stereocenters. The monoisotopic (exact) mass is 242 g/mol. The van der Waals surface area contributed by atoms with Crippen LogP contribution in [0.15, 0.2) is 36.7 Å². The van der Waals surface area contributed by atoms with Gasteiger partial charge in [-0.2, -0.15) is 5.26 Å². The zero-order chi connectivity index (χ0) is 12.8. The van der Waals surface area contributed by atoms with Crippen molar-refractivity contribution in [3.63, 3.8) is 0 Å². The van der Waals surface area contributed by atoms with E-state index in [9.17, 15) is 4.39 Å². The Labute approximate surface area is 104 Å². The molecule has 1 N–H and O–H groups in total. The Hall–Kier alpha value is -2.48. The minimum atomic E-state index is -0.231. The Balaban J connectivity index is 1.86. The number of aromatic nitrogens is 2. The summed E-state index contributed by atoms with van der Waals surface area (Å²) in [5, 5.41) is 11.6. The number of nitriles is 1. The third-order valence-electron chi connectivity index (χ3n) is 2.38. The van der Waals surface area contributed by atoms with Gasteiger partial charge >= 0.3 is 0 Å². The van der Waals surface area contributed by atoms with Crippen LogP contribution >= 0.6 is 0 Å². The highest BCUT2D eigenvalue weighted by Crippen LogP contribution is 2.05. The van der Waals surface area contributed by atoms with Crippen molar-refractivity contribution < 1.29 is 4.39 Å². The Morgan fingerprint density at radius 3 is 2.83 bits per heavy atom. The molecule has 1 aromatic carbocycles. The number of rotatable bonds is 4. The van der Waals surface area contributed by atoms with Crippen molar-refractivity contribution in [2.24, 2.45) is 0 Å². The Kier molecular flexibility index (Phi) is 3.82. The maximum atomic E-state index is 12.9. The minimum Gasteiger partial charge on any atom is -0.368 e. The number of hydrogen-bond acceptors (Lipinski definition) is 4. The van der Waals surface area contributed by atoms with Gasteiger partial charge in [-0.1, -0.05) is 12.1 Å². The summed E-state index contributed by atoms with van der Waals surface area (Å²) < 4.78 is 12.9. The molecule has 2 aromatic rings. The maximum absolute atomic E-state index is 12.9. The first-order valence-corrected chi connectivity index (χ1v) is 5.48. The normalized spacial score (nSPS) is 9.78. The minimum absolute atomic E-state index is 0.231. The fraction of sp³-hybridized carbons (Fsp3) is 0.154. The highest BCUT2D eigenvalue weighted by atomic mass is 19.1. The van der Waals surface area contributed by atoms with Gasteiger partial charge in [0.15, 0.2) is 5.69 Å². The summed E-state index contributed by atoms with van der Waals surface area (Å²) in [5.41, 5.74) is 1.20. The summed E-state index contributed by atoms with van der Waals surface area (Å²) in [5.74, 6) is 0.371. The fourth-order valence-electron chi connectivity index (χ4n) is 1.50. The second-order valence-corrected chi connectivity index (χ2v) is 3.71. The summed E-state index contributed by atoms with van der Waals surface area (Å²) >= 11 is 0. The number of hydrogen-bond donors (Lipinski definition) is 1. The van der Waals surface area contributed by atoms with Crippen LogP contribution < -0.4 is 5.32 Å². The Morgan fingerprint density at radius 1 is 1.28 bits per heavy atom. The molecule has 0 saturated heterocycles. The van der Waals surface area contributed by atoms with Crippen molar-refractivity contribution in [2.45, 2.75) is 6.42 Å². The van der Waals surface area contributed by atoms with E-state index in [1.165, 1.54) is 24.5 Å². The van der Waals surface area contributed by atoms with Crippen LogP contribution in [0, 0.1) is 17.1 Å². The molecule has 0 fully saturated rings. The predicted molar refractivity (Wildman–Crippen MR) is 65.3 cm³/mol. The average Bonchev–Trinajstić information content (AvgIpc) is 2.40. The lowest BCUT2D eigenvalue weighted by Crippen LogP contribution is -2.06. The van der Waals surface area contributed by atoms with E-state index in [1.54, 1.807) is 6.07 Å². The largest absolute Gasteiger partial charge is 0.368 e. The summed E-state index contributed by atoms with van der Waals surface area (Å²) in [6, 6.07) is 8.38. The summed E-state index contributed by atoms with van der Waals surface area (Å²) in [6.07, 6.45) is 3.61. The van der Waals surface area contributed by atoms with E-state index in [0.717, 1.165) is 5.56 Å². The van der Waals surface area contributed by atoms with Gasteiger partial charge in [0, 0.05) is 6.54 Å². The number of anilines is 1. The Bertz CT molecular complexity index is 560. The van der Waals surface area contributed by atoms with E-state index in [1.807, 2.05) is 12.1 Å². The lowest BCUT2D eigenvalue weighted by molar-refractivity contribution is 0.625. The highest BCUT2D eigenvalue weighted by Gasteiger charge is 1.98. The van der Waals surface area contributed by atoms with Crippen molar-refractivity contribution in [1.29, 1.82) is 5.26 Å². The summed E-state index contributed by atoms with van der Waals surface area (Å²) in [6.45, 7) is 0.629. The first kappa shape index (κ1) is 12.0. The number of halogens is 1. The van der Waals surface area contributed by atoms with E-state index in [-0.39, 0.29) is 11.5 Å². The second kappa shape index (κ2) is 5.73. The molecule has 0 bridgehead atoms. The third-order valence-corrected chi connectivity index (χ3v) is 2.38. The first-order valence-electron chi connectivity index (χ1n) is 5.48. The van der Waals surface area contributed by atoms with E-state index in [2.05, 4.69) is 15.3 Å². The molecule has 0 aliphatic carbocycles. The van der Waals surface area contributed by atoms with Crippen LogP contribution in [-0.4, -0.2) is 16.5 Å². The summed E-state index contributed by atoms with van der Waals surface area (Å²) in [7, 11) is 0. The smallest absolute Gasteiger partial charge is 0.158 e. The van der Waals surface area contributed by atoms with Crippen molar-refractivity contribution in [3.8, 4) is 6.07 Å². The molecule has 0 aliphatic heterocycles.